The third-order valence-corrected chi connectivity index (χ3v) is 6.68. The number of halogens is 2. The van der Waals surface area contributed by atoms with Crippen LogP contribution in [0.3, 0.4) is 0 Å². The van der Waals surface area contributed by atoms with E-state index in [-0.39, 0.29) is 47.1 Å². The van der Waals surface area contributed by atoms with Crippen LogP contribution in [0.25, 0.3) is 0 Å². The second-order valence-electron chi connectivity index (χ2n) is 9.02. The van der Waals surface area contributed by atoms with Gasteiger partial charge in [-0.05, 0) is 29.2 Å². The number of oxazole rings is 1. The van der Waals surface area contributed by atoms with E-state index in [1.807, 2.05) is 38.1 Å². The molecule has 9 nitrogen and oxygen atoms in total. The van der Waals surface area contributed by atoms with E-state index in [9.17, 15) is 18.8 Å². The van der Waals surface area contributed by atoms with E-state index in [1.165, 1.54) is 26.4 Å². The third-order valence-electron chi connectivity index (χ3n) is 6.39. The molecular formula is C26H26ClFN4O5. The molecule has 3 aromatic rings. The summed E-state index contributed by atoms with van der Waals surface area (Å²) in [5.41, 5.74) is 0.691. The van der Waals surface area contributed by atoms with E-state index in [0.717, 1.165) is 17.2 Å². The molecule has 1 aliphatic rings. The Labute approximate surface area is 217 Å². The molecule has 0 aliphatic carbocycles. The predicted octanol–water partition coefficient (Wildman–Crippen LogP) is 4.13. The zero-order chi connectivity index (χ0) is 26.9. The van der Waals surface area contributed by atoms with E-state index in [2.05, 4.69) is 20.4 Å². The van der Waals surface area contributed by atoms with Crippen LogP contribution in [0.15, 0.2) is 47.0 Å². The maximum atomic E-state index is 14.4. The van der Waals surface area contributed by atoms with Gasteiger partial charge in [-0.2, -0.15) is 0 Å². The molecule has 0 spiro atoms. The highest BCUT2D eigenvalue weighted by atomic mass is 35.5. The van der Waals surface area contributed by atoms with Crippen LogP contribution >= 0.6 is 11.6 Å². The van der Waals surface area contributed by atoms with E-state index in [1.54, 1.807) is 4.90 Å². The Morgan fingerprint density at radius 2 is 1.92 bits per heavy atom. The number of nitrogens with one attached hydrogen (secondary N) is 2. The number of hydrogen-bond donors (Lipinski definition) is 2. The molecule has 1 aromatic heterocycles. The smallest absolute Gasteiger partial charge is 0.375 e. The number of anilines is 2. The first-order chi connectivity index (χ1) is 17.6. The van der Waals surface area contributed by atoms with Gasteiger partial charge in [0.15, 0.2) is 0 Å². The number of esters is 1. The number of benzene rings is 2. The number of nitrogens with zero attached hydrogens (tertiary/aromatic N) is 2. The van der Waals surface area contributed by atoms with Gasteiger partial charge in [-0.3, -0.25) is 9.59 Å². The number of aromatic nitrogens is 1. The Morgan fingerprint density at radius 1 is 1.22 bits per heavy atom. The summed E-state index contributed by atoms with van der Waals surface area (Å²) in [7, 11) is 2.66. The van der Waals surface area contributed by atoms with Crippen LogP contribution in [0.5, 0.6) is 0 Å². The summed E-state index contributed by atoms with van der Waals surface area (Å²) in [6.45, 7) is 4.37. The second-order valence-corrected chi connectivity index (χ2v) is 9.43. The van der Waals surface area contributed by atoms with Gasteiger partial charge in [0, 0.05) is 20.1 Å². The van der Waals surface area contributed by atoms with Crippen molar-refractivity contribution in [1.29, 1.82) is 0 Å². The summed E-state index contributed by atoms with van der Waals surface area (Å²) in [5.74, 6) is -2.36. The quantitative estimate of drug-likeness (QED) is 0.443. The van der Waals surface area contributed by atoms with Crippen LogP contribution in [-0.2, 0) is 14.9 Å². The summed E-state index contributed by atoms with van der Waals surface area (Å²) in [6, 6.07) is 9.94. The van der Waals surface area contributed by atoms with Crippen molar-refractivity contribution in [2.45, 2.75) is 25.2 Å². The molecule has 4 rings (SSSR count). The number of carbonyl (C=O) groups is 3. The molecule has 0 radical (unpaired) electrons. The van der Waals surface area contributed by atoms with Crippen LogP contribution in [0.1, 0.15) is 51.8 Å². The summed E-state index contributed by atoms with van der Waals surface area (Å²) in [5, 5.41) is 4.99. The van der Waals surface area contributed by atoms with Crippen molar-refractivity contribution in [2.24, 2.45) is 0 Å². The number of rotatable bonds is 7. The van der Waals surface area contributed by atoms with Gasteiger partial charge in [0.1, 0.15) is 11.2 Å². The Morgan fingerprint density at radius 3 is 2.57 bits per heavy atom. The van der Waals surface area contributed by atoms with Crippen molar-refractivity contribution >= 4 is 41.1 Å². The van der Waals surface area contributed by atoms with E-state index >= 15 is 0 Å². The molecule has 0 bridgehead atoms. The molecule has 0 saturated carbocycles. The first kappa shape index (κ1) is 26.2. The minimum Gasteiger partial charge on any atom is -0.463 e. The molecule has 2 N–H and O–H groups in total. The highest BCUT2D eigenvalue weighted by molar-refractivity contribution is 6.31. The molecule has 11 heteroatoms. The SMILES string of the molecule is CNC(=O)c1cc(Cl)c(F)cc1NC(=O)C1(c2ccccc2C(C)C)CN(c2ncc(C(=O)OC)o2)C1. The van der Waals surface area contributed by atoms with Gasteiger partial charge in [0.2, 0.25) is 11.7 Å². The Bertz CT molecular complexity index is 1370. The van der Waals surface area contributed by atoms with Gasteiger partial charge in [0.05, 0.1) is 29.6 Å². The topological polar surface area (TPSA) is 114 Å². The summed E-state index contributed by atoms with van der Waals surface area (Å²) in [4.78, 5) is 44.0. The van der Waals surface area contributed by atoms with Crippen molar-refractivity contribution in [2.75, 3.05) is 37.5 Å². The normalized spacial score (nSPS) is 14.2. The van der Waals surface area contributed by atoms with Gasteiger partial charge in [-0.1, -0.05) is 49.7 Å². The maximum absolute atomic E-state index is 14.4. The molecule has 0 unspecified atom stereocenters. The monoisotopic (exact) mass is 528 g/mol. The Kier molecular flexibility index (Phi) is 7.22. The minimum atomic E-state index is -1.09. The van der Waals surface area contributed by atoms with Gasteiger partial charge in [-0.15, -0.1) is 0 Å². The second kappa shape index (κ2) is 10.2. The highest BCUT2D eigenvalue weighted by Crippen LogP contribution is 2.42. The van der Waals surface area contributed by atoms with Crippen LogP contribution in [0.2, 0.25) is 5.02 Å². The molecule has 2 amide bonds. The van der Waals surface area contributed by atoms with Crippen LogP contribution in [0.4, 0.5) is 16.1 Å². The molecule has 1 fully saturated rings. The first-order valence-electron chi connectivity index (χ1n) is 11.5. The number of amides is 2. The van der Waals surface area contributed by atoms with Crippen molar-refractivity contribution in [3.8, 4) is 0 Å². The molecule has 0 atom stereocenters. The third kappa shape index (κ3) is 4.76. The van der Waals surface area contributed by atoms with Gasteiger partial charge in [-0.25, -0.2) is 14.2 Å². The minimum absolute atomic E-state index is 0.00444. The fourth-order valence-corrected chi connectivity index (χ4v) is 4.60. The average Bonchev–Trinajstić information content (AvgIpc) is 3.34. The molecule has 1 aliphatic heterocycles. The van der Waals surface area contributed by atoms with Gasteiger partial charge in [0.25, 0.3) is 11.9 Å². The Hall–Kier alpha value is -3.92. The number of ether oxygens (including phenoxy) is 1. The number of carbonyl (C=O) groups excluding carboxylic acids is 3. The zero-order valence-corrected chi connectivity index (χ0v) is 21.5. The fraction of sp³-hybridized carbons (Fsp3) is 0.308. The molecular weight excluding hydrogens is 503 g/mol. The lowest BCUT2D eigenvalue weighted by Gasteiger charge is -2.49. The average molecular weight is 529 g/mol. The highest BCUT2D eigenvalue weighted by Gasteiger charge is 2.53. The van der Waals surface area contributed by atoms with Crippen molar-refractivity contribution < 1.29 is 27.9 Å². The molecule has 1 saturated heterocycles. The zero-order valence-electron chi connectivity index (χ0n) is 20.7. The predicted molar refractivity (Wildman–Crippen MR) is 136 cm³/mol. The maximum Gasteiger partial charge on any atom is 0.375 e. The van der Waals surface area contributed by atoms with E-state index in [4.69, 9.17) is 16.0 Å². The van der Waals surface area contributed by atoms with Gasteiger partial charge >= 0.3 is 5.97 Å². The lowest BCUT2D eigenvalue weighted by molar-refractivity contribution is -0.122. The van der Waals surface area contributed by atoms with Crippen LogP contribution in [0, 0.1) is 5.82 Å². The standard InChI is InChI=1S/C26H26ClFN4O5/c1-14(2)15-7-5-6-8-17(15)26(12-32(13-26)25-30-11-21(37-25)23(34)36-4)24(35)31-20-10-19(28)18(27)9-16(20)22(33)29-3/h5-11,14H,12-13H2,1-4H3,(H,29,33)(H,31,35). The fourth-order valence-electron chi connectivity index (χ4n) is 4.43. The van der Waals surface area contributed by atoms with Crippen molar-refractivity contribution in [3.63, 3.8) is 0 Å². The lowest BCUT2D eigenvalue weighted by Crippen LogP contribution is -2.65. The first-order valence-corrected chi connectivity index (χ1v) is 11.9. The van der Waals surface area contributed by atoms with Gasteiger partial charge < -0.3 is 24.7 Å². The molecule has 2 heterocycles. The molecule has 2 aromatic carbocycles. The summed E-state index contributed by atoms with van der Waals surface area (Å²) < 4.78 is 24.6. The van der Waals surface area contributed by atoms with E-state index in [0.29, 0.717) is 0 Å². The number of methoxy groups -OCH3 is 1. The summed E-state index contributed by atoms with van der Waals surface area (Å²) in [6.07, 6.45) is 1.26. The largest absolute Gasteiger partial charge is 0.463 e. The lowest BCUT2D eigenvalue weighted by atomic mass is 9.70. The van der Waals surface area contributed by atoms with Crippen molar-refractivity contribution in [3.05, 3.63) is 75.9 Å². The van der Waals surface area contributed by atoms with Crippen LogP contribution < -0.4 is 15.5 Å². The molecule has 194 valence electrons. The Balaban J connectivity index is 1.73. The number of hydrogen-bond acceptors (Lipinski definition) is 7. The molecule has 37 heavy (non-hydrogen) atoms. The van der Waals surface area contributed by atoms with E-state index < -0.39 is 29.0 Å². The summed E-state index contributed by atoms with van der Waals surface area (Å²) >= 11 is 5.90. The van der Waals surface area contributed by atoms with Crippen LogP contribution in [-0.4, -0.2) is 50.0 Å². The van der Waals surface area contributed by atoms with Crippen molar-refractivity contribution in [1.82, 2.24) is 10.3 Å².